The van der Waals surface area contributed by atoms with Crippen LogP contribution in [0.15, 0.2) is 60.2 Å². The maximum Gasteiger partial charge on any atom is 0.271 e. The van der Waals surface area contributed by atoms with E-state index in [4.69, 9.17) is 9.47 Å². The fraction of sp³-hybridized carbons (Fsp3) is 0.238. The molecule has 0 saturated carbocycles. The van der Waals surface area contributed by atoms with Gasteiger partial charge in [0.05, 0.1) is 24.8 Å². The third kappa shape index (κ3) is 6.35. The molecule has 9 heteroatoms. The number of sulfonamides is 1. The average molecular weight is 432 g/mol. The number of rotatable bonds is 10. The van der Waals surface area contributed by atoms with E-state index in [2.05, 4.69) is 17.1 Å². The van der Waals surface area contributed by atoms with Crippen molar-refractivity contribution in [3.63, 3.8) is 0 Å². The second-order valence-corrected chi connectivity index (χ2v) is 8.23. The highest BCUT2D eigenvalue weighted by Crippen LogP contribution is 2.28. The summed E-state index contributed by atoms with van der Waals surface area (Å²) in [6.45, 7) is 6.33. The molecule has 2 aromatic rings. The summed E-state index contributed by atoms with van der Waals surface area (Å²) in [5, 5.41) is 3.96. The SMILES string of the molecule is C=CCOc1ccc(/C=N\NC(=O)c2ccc(N(C)S(C)(=O)=O)cc2)cc1OCC. The fourth-order valence-corrected chi connectivity index (χ4v) is 2.89. The third-order valence-electron chi connectivity index (χ3n) is 3.99. The van der Waals surface area contributed by atoms with Crippen molar-refractivity contribution < 1.29 is 22.7 Å². The summed E-state index contributed by atoms with van der Waals surface area (Å²) >= 11 is 0. The average Bonchev–Trinajstić information content (AvgIpc) is 2.72. The predicted molar refractivity (Wildman–Crippen MR) is 118 cm³/mol. The second-order valence-electron chi connectivity index (χ2n) is 6.22. The lowest BCUT2D eigenvalue weighted by atomic mass is 10.2. The molecule has 2 rings (SSSR count). The number of hydrazone groups is 1. The fourth-order valence-electron chi connectivity index (χ4n) is 2.39. The number of carbonyl (C=O) groups excluding carboxylic acids is 1. The Kier molecular flexibility index (Phi) is 7.99. The summed E-state index contributed by atoms with van der Waals surface area (Å²) < 4.78 is 35.4. The number of nitrogens with one attached hydrogen (secondary N) is 1. The van der Waals surface area contributed by atoms with Crippen LogP contribution in [0.25, 0.3) is 0 Å². The zero-order chi connectivity index (χ0) is 22.1. The molecule has 0 aliphatic heterocycles. The van der Waals surface area contributed by atoms with E-state index < -0.39 is 15.9 Å². The van der Waals surface area contributed by atoms with E-state index in [1.807, 2.05) is 6.92 Å². The first-order valence-corrected chi connectivity index (χ1v) is 11.0. The van der Waals surface area contributed by atoms with Crippen molar-refractivity contribution in [3.05, 3.63) is 66.2 Å². The van der Waals surface area contributed by atoms with E-state index in [1.165, 1.54) is 25.4 Å². The Bertz CT molecular complexity index is 1020. The zero-order valence-corrected chi connectivity index (χ0v) is 18.0. The molecule has 2 aromatic carbocycles. The standard InChI is InChI=1S/C21H25N3O5S/c1-5-13-29-19-12-7-16(14-20(19)28-6-2)15-22-23-21(25)17-8-10-18(11-9-17)24(3)30(4,26)27/h5,7-12,14-15H,1,6,13H2,2-4H3,(H,23,25)/b22-15-. The van der Waals surface area contributed by atoms with Gasteiger partial charge in [-0.25, -0.2) is 13.8 Å². The van der Waals surface area contributed by atoms with Gasteiger partial charge in [-0.05, 0) is 55.0 Å². The van der Waals surface area contributed by atoms with E-state index in [9.17, 15) is 13.2 Å². The van der Waals surface area contributed by atoms with E-state index in [0.717, 1.165) is 16.1 Å². The van der Waals surface area contributed by atoms with E-state index >= 15 is 0 Å². The third-order valence-corrected chi connectivity index (χ3v) is 5.20. The summed E-state index contributed by atoms with van der Waals surface area (Å²) in [5.74, 6) is 0.744. The highest BCUT2D eigenvalue weighted by atomic mass is 32.2. The van der Waals surface area contributed by atoms with Crippen molar-refractivity contribution in [2.75, 3.05) is 30.8 Å². The molecule has 0 fully saturated rings. The van der Waals surface area contributed by atoms with Crippen LogP contribution in [0.3, 0.4) is 0 Å². The number of ether oxygens (including phenoxy) is 2. The van der Waals surface area contributed by atoms with Gasteiger partial charge >= 0.3 is 0 Å². The van der Waals surface area contributed by atoms with E-state index in [0.29, 0.717) is 36.0 Å². The minimum Gasteiger partial charge on any atom is -0.490 e. The van der Waals surface area contributed by atoms with Crippen LogP contribution in [0.5, 0.6) is 11.5 Å². The Morgan fingerprint density at radius 2 is 1.87 bits per heavy atom. The summed E-state index contributed by atoms with van der Waals surface area (Å²) in [6.07, 6.45) is 4.24. The van der Waals surface area contributed by atoms with Gasteiger partial charge in [0.25, 0.3) is 5.91 Å². The quantitative estimate of drug-likeness (QED) is 0.354. The molecule has 0 saturated heterocycles. The van der Waals surface area contributed by atoms with Gasteiger partial charge in [-0.1, -0.05) is 12.7 Å². The minimum atomic E-state index is -3.36. The van der Waals surface area contributed by atoms with Crippen molar-refractivity contribution in [2.24, 2.45) is 5.10 Å². The maximum absolute atomic E-state index is 12.2. The molecule has 1 amide bonds. The van der Waals surface area contributed by atoms with E-state index in [1.54, 1.807) is 36.4 Å². The number of benzene rings is 2. The molecule has 0 unspecified atom stereocenters. The molecule has 0 aliphatic rings. The van der Waals surface area contributed by atoms with Crippen LogP contribution in [-0.4, -0.2) is 47.1 Å². The van der Waals surface area contributed by atoms with Crippen LogP contribution in [-0.2, 0) is 10.0 Å². The normalized spacial score (nSPS) is 11.2. The van der Waals surface area contributed by atoms with Gasteiger partial charge in [0.15, 0.2) is 11.5 Å². The van der Waals surface area contributed by atoms with Crippen LogP contribution in [0.1, 0.15) is 22.8 Å². The van der Waals surface area contributed by atoms with Crippen molar-refractivity contribution in [2.45, 2.75) is 6.92 Å². The van der Waals surface area contributed by atoms with Crippen molar-refractivity contribution >= 4 is 27.8 Å². The lowest BCUT2D eigenvalue weighted by molar-refractivity contribution is 0.0955. The Labute approximate surface area is 176 Å². The molecule has 0 radical (unpaired) electrons. The number of amides is 1. The van der Waals surface area contributed by atoms with Crippen LogP contribution in [0.4, 0.5) is 5.69 Å². The van der Waals surface area contributed by atoms with Gasteiger partial charge in [-0.15, -0.1) is 0 Å². The van der Waals surface area contributed by atoms with Gasteiger partial charge in [-0.3, -0.25) is 9.10 Å². The smallest absolute Gasteiger partial charge is 0.271 e. The molecular formula is C21H25N3O5S. The van der Waals surface area contributed by atoms with Gasteiger partial charge in [0.2, 0.25) is 10.0 Å². The first kappa shape index (κ1) is 23.0. The van der Waals surface area contributed by atoms with Crippen molar-refractivity contribution in [1.82, 2.24) is 5.43 Å². The number of anilines is 1. The predicted octanol–water partition coefficient (Wildman–Crippen LogP) is 2.81. The monoisotopic (exact) mass is 431 g/mol. The molecule has 8 nitrogen and oxygen atoms in total. The largest absolute Gasteiger partial charge is 0.490 e. The summed E-state index contributed by atoms with van der Waals surface area (Å²) in [7, 11) is -1.92. The van der Waals surface area contributed by atoms with Gasteiger partial charge < -0.3 is 9.47 Å². The van der Waals surface area contributed by atoms with Crippen LogP contribution in [0.2, 0.25) is 0 Å². The second kappa shape index (κ2) is 10.4. The summed E-state index contributed by atoms with van der Waals surface area (Å²) in [4.78, 5) is 12.2. The minimum absolute atomic E-state index is 0.348. The van der Waals surface area contributed by atoms with Crippen LogP contribution < -0.4 is 19.2 Å². The Hall–Kier alpha value is -3.33. The first-order chi connectivity index (χ1) is 14.3. The molecule has 0 atom stereocenters. The lowest BCUT2D eigenvalue weighted by Gasteiger charge is -2.16. The molecule has 0 aliphatic carbocycles. The maximum atomic E-state index is 12.2. The number of hydrogen-bond acceptors (Lipinski definition) is 6. The molecule has 0 spiro atoms. The number of carbonyl (C=O) groups is 1. The molecule has 160 valence electrons. The molecule has 0 aromatic heterocycles. The lowest BCUT2D eigenvalue weighted by Crippen LogP contribution is -2.25. The highest BCUT2D eigenvalue weighted by molar-refractivity contribution is 7.92. The van der Waals surface area contributed by atoms with Crippen LogP contribution >= 0.6 is 0 Å². The Morgan fingerprint density at radius 1 is 1.17 bits per heavy atom. The topological polar surface area (TPSA) is 97.3 Å². The molecule has 1 N–H and O–H groups in total. The van der Waals surface area contributed by atoms with Gasteiger partial charge in [0.1, 0.15) is 6.61 Å². The molecule has 0 heterocycles. The summed E-state index contributed by atoms with van der Waals surface area (Å²) in [5.41, 5.74) is 3.96. The Morgan fingerprint density at radius 3 is 2.47 bits per heavy atom. The zero-order valence-electron chi connectivity index (χ0n) is 17.2. The molecular weight excluding hydrogens is 406 g/mol. The van der Waals surface area contributed by atoms with Crippen molar-refractivity contribution in [1.29, 1.82) is 0 Å². The van der Waals surface area contributed by atoms with Gasteiger partial charge in [0, 0.05) is 12.6 Å². The number of hydrogen-bond donors (Lipinski definition) is 1. The van der Waals surface area contributed by atoms with Gasteiger partial charge in [-0.2, -0.15) is 5.10 Å². The van der Waals surface area contributed by atoms with Crippen molar-refractivity contribution in [3.8, 4) is 11.5 Å². The number of nitrogens with zero attached hydrogens (tertiary/aromatic N) is 2. The van der Waals surface area contributed by atoms with E-state index in [-0.39, 0.29) is 0 Å². The molecule has 0 bridgehead atoms. The van der Waals surface area contributed by atoms with Crippen LogP contribution in [0, 0.1) is 0 Å². The summed E-state index contributed by atoms with van der Waals surface area (Å²) in [6, 6.07) is 11.5. The Balaban J connectivity index is 2.05. The molecule has 30 heavy (non-hydrogen) atoms. The first-order valence-electron chi connectivity index (χ1n) is 9.14. The highest BCUT2D eigenvalue weighted by Gasteiger charge is 2.12.